The molecule has 2 heterocycles. The van der Waals surface area contributed by atoms with E-state index in [4.69, 9.17) is 8.83 Å². The first-order valence-electron chi connectivity index (χ1n) is 18.0. The van der Waals surface area contributed by atoms with E-state index in [1.54, 1.807) is 0 Å². The molecule has 248 valence electrons. The maximum absolute atomic E-state index is 6.81. The van der Waals surface area contributed by atoms with Gasteiger partial charge in [-0.15, -0.1) is 0 Å². The van der Waals surface area contributed by atoms with Gasteiger partial charge in [0.2, 0.25) is 0 Å². The van der Waals surface area contributed by atoms with E-state index in [-0.39, 0.29) is 0 Å². The number of benzene rings is 9. The van der Waals surface area contributed by atoms with Crippen LogP contribution in [0.15, 0.2) is 197 Å². The van der Waals surface area contributed by atoms with Crippen molar-refractivity contribution in [1.82, 2.24) is 0 Å². The molecule has 53 heavy (non-hydrogen) atoms. The Labute approximate surface area is 305 Å². The van der Waals surface area contributed by atoms with Gasteiger partial charge in [-0.25, -0.2) is 0 Å². The summed E-state index contributed by atoms with van der Waals surface area (Å²) < 4.78 is 13.5. The van der Waals surface area contributed by atoms with E-state index in [2.05, 4.69) is 181 Å². The minimum absolute atomic E-state index is 0.831. The van der Waals surface area contributed by atoms with Crippen molar-refractivity contribution >= 4 is 82.5 Å². The Balaban J connectivity index is 1.15. The number of nitrogens with zero attached hydrogens (tertiary/aromatic N) is 1. The largest absolute Gasteiger partial charge is 0.454 e. The molecule has 0 saturated heterocycles. The number of rotatable bonds is 5. The zero-order chi connectivity index (χ0) is 34.9. The van der Waals surface area contributed by atoms with Gasteiger partial charge in [-0.3, -0.25) is 0 Å². The molecule has 0 aliphatic carbocycles. The zero-order valence-corrected chi connectivity index (χ0v) is 28.7. The first-order chi connectivity index (χ1) is 26.3. The Hall–Kier alpha value is -7.10. The van der Waals surface area contributed by atoms with Gasteiger partial charge >= 0.3 is 0 Å². The summed E-state index contributed by atoms with van der Waals surface area (Å²) in [5, 5.41) is 9.22. The lowest BCUT2D eigenvalue weighted by atomic mass is 9.91. The second-order valence-electron chi connectivity index (χ2n) is 13.6. The van der Waals surface area contributed by atoms with Gasteiger partial charge in [0.1, 0.15) is 11.2 Å². The van der Waals surface area contributed by atoms with Crippen molar-refractivity contribution in [3.8, 4) is 22.3 Å². The van der Waals surface area contributed by atoms with Crippen molar-refractivity contribution in [3.05, 3.63) is 188 Å². The molecule has 11 aromatic rings. The van der Waals surface area contributed by atoms with Crippen molar-refractivity contribution in [2.45, 2.75) is 0 Å². The molecule has 3 heteroatoms. The minimum Gasteiger partial charge on any atom is -0.454 e. The zero-order valence-electron chi connectivity index (χ0n) is 28.7. The van der Waals surface area contributed by atoms with Gasteiger partial charge in [-0.1, -0.05) is 152 Å². The molecular weight excluding hydrogens is 647 g/mol. The van der Waals surface area contributed by atoms with E-state index < -0.39 is 0 Å². The van der Waals surface area contributed by atoms with Crippen molar-refractivity contribution in [2.24, 2.45) is 0 Å². The van der Waals surface area contributed by atoms with Crippen LogP contribution in [0.1, 0.15) is 0 Å². The van der Waals surface area contributed by atoms with Gasteiger partial charge in [0.05, 0.1) is 11.4 Å². The number of hydrogen-bond acceptors (Lipinski definition) is 3. The van der Waals surface area contributed by atoms with Crippen LogP contribution in [0.3, 0.4) is 0 Å². The topological polar surface area (TPSA) is 29.5 Å². The lowest BCUT2D eigenvalue weighted by Gasteiger charge is -2.26. The monoisotopic (exact) mass is 677 g/mol. The molecule has 11 rings (SSSR count). The molecule has 0 saturated carbocycles. The summed E-state index contributed by atoms with van der Waals surface area (Å²) in [6.07, 6.45) is 0. The fourth-order valence-electron chi connectivity index (χ4n) is 8.28. The highest BCUT2D eigenvalue weighted by atomic mass is 16.3. The van der Waals surface area contributed by atoms with Crippen LogP contribution in [0.4, 0.5) is 17.1 Å². The van der Waals surface area contributed by atoms with Crippen LogP contribution in [0.25, 0.3) is 87.7 Å². The number of anilines is 3. The van der Waals surface area contributed by atoms with Crippen LogP contribution in [0.2, 0.25) is 0 Å². The summed E-state index contributed by atoms with van der Waals surface area (Å²) in [7, 11) is 0. The van der Waals surface area contributed by atoms with Crippen molar-refractivity contribution in [1.29, 1.82) is 0 Å². The smallest absolute Gasteiger partial charge is 0.159 e. The van der Waals surface area contributed by atoms with Crippen molar-refractivity contribution in [2.75, 3.05) is 4.90 Å². The molecule has 0 atom stereocenters. The van der Waals surface area contributed by atoms with Gasteiger partial charge < -0.3 is 13.7 Å². The average Bonchev–Trinajstić information content (AvgIpc) is 3.81. The lowest BCUT2D eigenvalue weighted by Crippen LogP contribution is -2.10. The molecule has 0 N–H and O–H groups in total. The molecule has 0 amide bonds. The molecule has 0 bridgehead atoms. The second-order valence-corrected chi connectivity index (χ2v) is 13.6. The lowest BCUT2D eigenvalue weighted by molar-refractivity contribution is 0.666. The van der Waals surface area contributed by atoms with Crippen molar-refractivity contribution in [3.63, 3.8) is 0 Å². The predicted octanol–water partition coefficient (Wildman–Crippen LogP) is 14.6. The summed E-state index contributed by atoms with van der Waals surface area (Å²) >= 11 is 0. The van der Waals surface area contributed by atoms with Gasteiger partial charge in [-0.2, -0.15) is 0 Å². The van der Waals surface area contributed by atoms with E-state index >= 15 is 0 Å². The Bertz CT molecular complexity index is 3160. The Morgan fingerprint density at radius 2 is 0.887 bits per heavy atom. The third-order valence-corrected chi connectivity index (χ3v) is 10.7. The summed E-state index contributed by atoms with van der Waals surface area (Å²) in [4.78, 5) is 2.29. The Morgan fingerprint density at radius 3 is 1.66 bits per heavy atom. The number of hydrogen-bond donors (Lipinski definition) is 0. The molecule has 3 nitrogen and oxygen atoms in total. The van der Waals surface area contributed by atoms with Crippen LogP contribution in [0, 0.1) is 0 Å². The van der Waals surface area contributed by atoms with Gasteiger partial charge in [0.25, 0.3) is 0 Å². The maximum atomic E-state index is 6.81. The highest BCUT2D eigenvalue weighted by molar-refractivity contribution is 6.21. The van der Waals surface area contributed by atoms with E-state index in [1.807, 2.05) is 12.1 Å². The van der Waals surface area contributed by atoms with Gasteiger partial charge in [0.15, 0.2) is 11.2 Å². The molecule has 9 aromatic carbocycles. The third kappa shape index (κ3) is 4.61. The SMILES string of the molecule is c1ccc(-c2cccc3cccc(-c4ccc(N(c5cccc6c5oc5ccccc56)c5cccc6c5oc5ccc7ccccc7c56)cc4)c23)cc1. The minimum atomic E-state index is 0.831. The summed E-state index contributed by atoms with van der Waals surface area (Å²) in [5.41, 5.74) is 11.1. The molecular formula is C50H31NO2. The highest BCUT2D eigenvalue weighted by Crippen LogP contribution is 2.47. The third-order valence-electron chi connectivity index (χ3n) is 10.7. The number of furan rings is 2. The van der Waals surface area contributed by atoms with Crippen molar-refractivity contribution < 1.29 is 8.83 Å². The molecule has 0 radical (unpaired) electrons. The summed E-state index contributed by atoms with van der Waals surface area (Å²) in [6, 6.07) is 66.6. The molecule has 0 fully saturated rings. The van der Waals surface area contributed by atoms with Crippen LogP contribution >= 0.6 is 0 Å². The first-order valence-corrected chi connectivity index (χ1v) is 18.0. The second kappa shape index (κ2) is 11.7. The van der Waals surface area contributed by atoms with E-state index in [0.717, 1.165) is 66.5 Å². The van der Waals surface area contributed by atoms with Crippen LogP contribution in [-0.4, -0.2) is 0 Å². The standard InChI is InChI=1S/C50H31NO2/c1-2-12-32(13-3-1)37-19-8-15-35-16-9-20-38(47(35)37)34-26-29-36(30-27-34)51(43-23-10-21-41-40-18-6-7-25-45(40)52-49(41)43)44-24-11-22-42-48-39-17-5-4-14-33(39)28-31-46(48)53-50(42)44/h1-31H. The molecule has 0 spiro atoms. The fraction of sp³-hybridized carbons (Fsp3) is 0. The Kier molecular flexibility index (Phi) is 6.55. The molecule has 2 aromatic heterocycles. The Morgan fingerprint density at radius 1 is 0.321 bits per heavy atom. The van der Waals surface area contributed by atoms with Crippen LogP contribution in [-0.2, 0) is 0 Å². The first kappa shape index (κ1) is 29.6. The van der Waals surface area contributed by atoms with Gasteiger partial charge in [0, 0.05) is 27.2 Å². The number of para-hydroxylation sites is 3. The predicted molar refractivity (Wildman–Crippen MR) is 222 cm³/mol. The van der Waals surface area contributed by atoms with Crippen LogP contribution in [0.5, 0.6) is 0 Å². The van der Waals surface area contributed by atoms with E-state index in [0.29, 0.717) is 0 Å². The molecule has 0 aliphatic rings. The maximum Gasteiger partial charge on any atom is 0.159 e. The van der Waals surface area contributed by atoms with Gasteiger partial charge in [-0.05, 0) is 80.2 Å². The molecule has 0 unspecified atom stereocenters. The van der Waals surface area contributed by atoms with Crippen LogP contribution < -0.4 is 4.90 Å². The average molecular weight is 678 g/mol. The van der Waals surface area contributed by atoms with E-state index in [1.165, 1.54) is 38.2 Å². The summed E-state index contributed by atoms with van der Waals surface area (Å²) in [5.74, 6) is 0. The normalized spacial score (nSPS) is 11.8. The number of fused-ring (bicyclic) bond motifs is 9. The van der Waals surface area contributed by atoms with E-state index in [9.17, 15) is 0 Å². The quantitative estimate of drug-likeness (QED) is 0.182. The molecule has 0 aliphatic heterocycles. The highest BCUT2D eigenvalue weighted by Gasteiger charge is 2.24. The summed E-state index contributed by atoms with van der Waals surface area (Å²) in [6.45, 7) is 0. The fourth-order valence-corrected chi connectivity index (χ4v) is 8.28.